The van der Waals surface area contributed by atoms with Crippen LogP contribution in [-0.4, -0.2) is 26.5 Å². The molecule has 2 aromatic carbocycles. The fourth-order valence-corrected chi connectivity index (χ4v) is 2.91. The third-order valence-electron chi connectivity index (χ3n) is 4.48. The van der Waals surface area contributed by atoms with Gasteiger partial charge in [0, 0.05) is 17.5 Å². The minimum absolute atomic E-state index is 0.0660. The van der Waals surface area contributed by atoms with Crippen LogP contribution in [0.4, 0.5) is 4.39 Å². The molecule has 0 bridgehead atoms. The van der Waals surface area contributed by atoms with Crippen LogP contribution in [-0.2, 0) is 6.54 Å². The van der Waals surface area contributed by atoms with E-state index in [0.717, 1.165) is 25.0 Å². The van der Waals surface area contributed by atoms with Crippen LogP contribution in [0.3, 0.4) is 0 Å². The first kappa shape index (κ1) is 20.2. The molecule has 29 heavy (non-hydrogen) atoms. The summed E-state index contributed by atoms with van der Waals surface area (Å²) in [7, 11) is 0. The van der Waals surface area contributed by atoms with E-state index in [2.05, 4.69) is 15.6 Å². The van der Waals surface area contributed by atoms with Gasteiger partial charge in [0.15, 0.2) is 5.69 Å². The zero-order valence-electron chi connectivity index (χ0n) is 16.1. The van der Waals surface area contributed by atoms with Gasteiger partial charge in [-0.25, -0.2) is 14.5 Å². The number of carbonyl (C=O) groups is 1. The molecule has 8 heteroatoms. The Hall–Kier alpha value is -3.55. The number of nitrogens with zero attached hydrogens (tertiary/aromatic N) is 3. The molecular formula is C21H21FN4O3. The molecule has 2 N–H and O–H groups in total. The third kappa shape index (κ3) is 4.31. The van der Waals surface area contributed by atoms with Crippen molar-refractivity contribution in [2.75, 3.05) is 0 Å². The largest absolute Gasteiger partial charge is 0.507 e. The molecule has 3 aromatic rings. The number of nitrogens with one attached hydrogen (secondary N) is 1. The van der Waals surface area contributed by atoms with Gasteiger partial charge in [-0.05, 0) is 37.6 Å². The maximum absolute atomic E-state index is 13.4. The maximum Gasteiger partial charge on any atom is 0.292 e. The Morgan fingerprint density at radius 2 is 1.97 bits per heavy atom. The number of fused-ring (bicyclic) bond motifs is 1. The zero-order chi connectivity index (χ0) is 21.0. The molecule has 0 saturated heterocycles. The fourth-order valence-electron chi connectivity index (χ4n) is 2.91. The normalized spacial score (nSPS) is 11.6. The van der Waals surface area contributed by atoms with Gasteiger partial charge < -0.3 is 5.11 Å². The highest BCUT2D eigenvalue weighted by molar-refractivity contribution is 6.06. The quantitative estimate of drug-likeness (QED) is 0.494. The van der Waals surface area contributed by atoms with E-state index in [0.29, 0.717) is 17.3 Å². The van der Waals surface area contributed by atoms with E-state index < -0.39 is 11.7 Å². The predicted octanol–water partition coefficient (Wildman–Crippen LogP) is 3.20. The predicted molar refractivity (Wildman–Crippen MR) is 109 cm³/mol. The summed E-state index contributed by atoms with van der Waals surface area (Å²) in [6.07, 6.45) is 1.63. The van der Waals surface area contributed by atoms with Gasteiger partial charge >= 0.3 is 0 Å². The number of phenols is 1. The number of hydrogen-bond acceptors (Lipinski definition) is 5. The van der Waals surface area contributed by atoms with Crippen LogP contribution in [0.5, 0.6) is 5.75 Å². The van der Waals surface area contributed by atoms with Crippen molar-refractivity contribution in [3.63, 3.8) is 0 Å². The van der Waals surface area contributed by atoms with Crippen molar-refractivity contribution in [3.05, 3.63) is 69.9 Å². The van der Waals surface area contributed by atoms with Crippen LogP contribution in [0, 0.1) is 5.82 Å². The number of hydrogen-bond donors (Lipinski definition) is 2. The molecule has 0 fully saturated rings. The second-order valence-corrected chi connectivity index (χ2v) is 6.58. The van der Waals surface area contributed by atoms with Gasteiger partial charge in [0.05, 0.1) is 11.1 Å². The van der Waals surface area contributed by atoms with Crippen LogP contribution in [0.25, 0.3) is 10.8 Å². The highest BCUT2D eigenvalue weighted by atomic mass is 19.1. The molecule has 0 radical (unpaired) electrons. The molecule has 1 amide bonds. The number of halogens is 1. The summed E-state index contributed by atoms with van der Waals surface area (Å²) >= 11 is 0. The standard InChI is InChI=1S/C21H21FN4O3/c1-3-4-11-26-21(29)16-8-6-5-7-15(16)19(25-26)20(28)24-23-13(2)17-12-14(22)9-10-18(17)27/h5-10,12,27H,3-4,11H2,1-2H3,(H,24,28)/b23-13+. The van der Waals surface area contributed by atoms with Crippen molar-refractivity contribution in [3.8, 4) is 5.75 Å². The first-order valence-corrected chi connectivity index (χ1v) is 9.25. The van der Waals surface area contributed by atoms with Crippen molar-refractivity contribution in [1.82, 2.24) is 15.2 Å². The average molecular weight is 396 g/mol. The molecular weight excluding hydrogens is 375 g/mol. The Kier molecular flexibility index (Phi) is 6.01. The Bertz CT molecular complexity index is 1150. The maximum atomic E-state index is 13.4. The van der Waals surface area contributed by atoms with Gasteiger partial charge in [-0.1, -0.05) is 31.5 Å². The summed E-state index contributed by atoms with van der Waals surface area (Å²) < 4.78 is 14.7. The second kappa shape index (κ2) is 8.64. The zero-order valence-corrected chi connectivity index (χ0v) is 16.1. The van der Waals surface area contributed by atoms with Crippen LogP contribution < -0.4 is 11.0 Å². The molecule has 0 aliphatic carbocycles. The summed E-state index contributed by atoms with van der Waals surface area (Å²) in [5.41, 5.74) is 2.57. The fraction of sp³-hybridized carbons (Fsp3) is 0.238. The molecule has 3 rings (SSSR count). The van der Waals surface area contributed by atoms with Crippen molar-refractivity contribution >= 4 is 22.4 Å². The Morgan fingerprint density at radius 1 is 1.24 bits per heavy atom. The van der Waals surface area contributed by atoms with Crippen molar-refractivity contribution in [2.24, 2.45) is 5.10 Å². The summed E-state index contributed by atoms with van der Waals surface area (Å²) in [5.74, 6) is -1.30. The van der Waals surface area contributed by atoms with E-state index in [1.807, 2.05) is 6.92 Å². The number of carbonyl (C=O) groups excluding carboxylic acids is 1. The molecule has 0 atom stereocenters. The van der Waals surface area contributed by atoms with Crippen molar-refractivity contribution < 1.29 is 14.3 Å². The molecule has 0 aliphatic heterocycles. The highest BCUT2D eigenvalue weighted by Crippen LogP contribution is 2.19. The van der Waals surface area contributed by atoms with Crippen LogP contribution in [0.1, 0.15) is 42.7 Å². The lowest BCUT2D eigenvalue weighted by atomic mass is 10.1. The third-order valence-corrected chi connectivity index (χ3v) is 4.48. The highest BCUT2D eigenvalue weighted by Gasteiger charge is 2.16. The average Bonchev–Trinajstić information content (AvgIpc) is 2.73. The monoisotopic (exact) mass is 396 g/mol. The van der Waals surface area contributed by atoms with Gasteiger partial charge in [0.1, 0.15) is 11.6 Å². The molecule has 0 saturated carbocycles. The van der Waals surface area contributed by atoms with Crippen molar-refractivity contribution in [1.29, 1.82) is 0 Å². The lowest BCUT2D eigenvalue weighted by Crippen LogP contribution is -2.29. The van der Waals surface area contributed by atoms with Gasteiger partial charge in [-0.15, -0.1) is 0 Å². The second-order valence-electron chi connectivity index (χ2n) is 6.58. The molecule has 0 unspecified atom stereocenters. The van der Waals surface area contributed by atoms with E-state index >= 15 is 0 Å². The number of benzene rings is 2. The molecule has 0 aliphatic rings. The molecule has 0 spiro atoms. The van der Waals surface area contributed by atoms with E-state index in [4.69, 9.17) is 0 Å². The van der Waals surface area contributed by atoms with Crippen LogP contribution in [0.15, 0.2) is 52.4 Å². The first-order chi connectivity index (χ1) is 13.9. The lowest BCUT2D eigenvalue weighted by Gasteiger charge is -2.10. The lowest BCUT2D eigenvalue weighted by molar-refractivity contribution is 0.0949. The summed E-state index contributed by atoms with van der Waals surface area (Å²) in [5, 5.41) is 18.9. The van der Waals surface area contributed by atoms with E-state index in [1.165, 1.54) is 17.7 Å². The summed E-state index contributed by atoms with van der Waals surface area (Å²) in [6.45, 7) is 3.93. The van der Waals surface area contributed by atoms with Gasteiger partial charge in [-0.2, -0.15) is 10.2 Å². The number of rotatable bonds is 6. The number of aromatic hydroxyl groups is 1. The molecule has 7 nitrogen and oxygen atoms in total. The Labute approximate surface area is 166 Å². The minimum atomic E-state index is -0.610. The summed E-state index contributed by atoms with van der Waals surface area (Å²) in [4.78, 5) is 25.4. The van der Waals surface area contributed by atoms with E-state index in [1.54, 1.807) is 24.3 Å². The van der Waals surface area contributed by atoms with Gasteiger partial charge in [0.25, 0.3) is 11.5 Å². The number of unbranched alkanes of at least 4 members (excludes halogenated alkanes) is 1. The number of aryl methyl sites for hydroxylation is 1. The smallest absolute Gasteiger partial charge is 0.292 e. The Morgan fingerprint density at radius 3 is 2.69 bits per heavy atom. The van der Waals surface area contributed by atoms with E-state index in [-0.39, 0.29) is 28.3 Å². The number of aromatic nitrogens is 2. The number of phenolic OH excluding ortho intramolecular Hbond substituents is 1. The minimum Gasteiger partial charge on any atom is -0.507 e. The number of hydrazone groups is 1. The Balaban J connectivity index is 1.97. The van der Waals surface area contributed by atoms with Crippen LogP contribution in [0.2, 0.25) is 0 Å². The molecule has 1 heterocycles. The molecule has 1 aromatic heterocycles. The van der Waals surface area contributed by atoms with Crippen molar-refractivity contribution in [2.45, 2.75) is 33.2 Å². The van der Waals surface area contributed by atoms with Crippen LogP contribution >= 0.6 is 0 Å². The van der Waals surface area contributed by atoms with E-state index in [9.17, 15) is 19.1 Å². The topological polar surface area (TPSA) is 96.6 Å². The van der Waals surface area contributed by atoms with Gasteiger partial charge in [0.2, 0.25) is 0 Å². The molecule has 150 valence electrons. The summed E-state index contributed by atoms with van der Waals surface area (Å²) in [6, 6.07) is 10.2. The van der Waals surface area contributed by atoms with Gasteiger partial charge in [-0.3, -0.25) is 9.59 Å². The SMILES string of the molecule is CCCCn1nc(C(=O)N/N=C(\C)c2cc(F)ccc2O)c2ccccc2c1=O. The number of amides is 1. The first-order valence-electron chi connectivity index (χ1n) is 9.25.